The maximum absolute atomic E-state index is 12.2. The number of aromatic hydroxyl groups is 1. The van der Waals surface area contributed by atoms with Gasteiger partial charge in [0.1, 0.15) is 10.8 Å². The Labute approximate surface area is 140 Å². The number of benzene rings is 1. The highest BCUT2D eigenvalue weighted by molar-refractivity contribution is 7.14. The molecule has 1 heterocycles. The van der Waals surface area contributed by atoms with E-state index in [1.165, 1.54) is 23.7 Å². The molecule has 0 saturated heterocycles. The molecule has 1 atom stereocenters. The monoisotopic (exact) mass is 355 g/mol. The number of aliphatic hydroxyl groups is 1. The second-order valence-corrected chi connectivity index (χ2v) is 5.97. The maximum atomic E-state index is 12.2. The average molecular weight is 356 g/mol. The highest BCUT2D eigenvalue weighted by Crippen LogP contribution is 2.25. The number of carbonyl (C=O) groups excluding carboxylic acids is 2. The van der Waals surface area contributed by atoms with Crippen molar-refractivity contribution in [2.75, 3.05) is 11.9 Å². The van der Waals surface area contributed by atoms with Crippen LogP contribution in [0.25, 0.3) is 0 Å². The quantitative estimate of drug-likeness (QED) is 0.654. The SMILES string of the molecule is C[C@@H](CO)NC(=O)c1ncsc1NC(=O)c1ccc(O)c(Cl)c1. The summed E-state index contributed by atoms with van der Waals surface area (Å²) < 4.78 is 0. The second-order valence-electron chi connectivity index (χ2n) is 4.71. The molecule has 0 saturated carbocycles. The van der Waals surface area contributed by atoms with Crippen LogP contribution in [0.4, 0.5) is 5.00 Å². The van der Waals surface area contributed by atoms with E-state index in [1.54, 1.807) is 6.92 Å². The lowest BCUT2D eigenvalue weighted by atomic mass is 10.2. The van der Waals surface area contributed by atoms with Gasteiger partial charge in [0.25, 0.3) is 11.8 Å². The molecule has 0 aliphatic heterocycles. The first kappa shape index (κ1) is 17.2. The topological polar surface area (TPSA) is 112 Å². The van der Waals surface area contributed by atoms with E-state index in [-0.39, 0.29) is 33.6 Å². The van der Waals surface area contributed by atoms with Crippen LogP contribution in [-0.2, 0) is 0 Å². The number of nitrogens with one attached hydrogen (secondary N) is 2. The van der Waals surface area contributed by atoms with Gasteiger partial charge in [-0.1, -0.05) is 11.6 Å². The number of nitrogens with zero attached hydrogens (tertiary/aromatic N) is 1. The van der Waals surface area contributed by atoms with Crippen LogP contribution in [0.1, 0.15) is 27.8 Å². The van der Waals surface area contributed by atoms with Gasteiger partial charge in [-0.25, -0.2) is 4.98 Å². The second kappa shape index (κ2) is 7.40. The largest absolute Gasteiger partial charge is 0.506 e. The van der Waals surface area contributed by atoms with Crippen LogP contribution < -0.4 is 10.6 Å². The van der Waals surface area contributed by atoms with Crippen LogP contribution in [0.2, 0.25) is 5.02 Å². The van der Waals surface area contributed by atoms with Gasteiger partial charge in [0.15, 0.2) is 5.69 Å². The summed E-state index contributed by atoms with van der Waals surface area (Å²) in [5.41, 5.74) is 1.72. The molecule has 0 aliphatic carbocycles. The number of carbonyl (C=O) groups is 2. The number of hydrogen-bond donors (Lipinski definition) is 4. The van der Waals surface area contributed by atoms with E-state index in [0.717, 1.165) is 11.3 Å². The summed E-state index contributed by atoms with van der Waals surface area (Å²) >= 11 is 6.86. The van der Waals surface area contributed by atoms with E-state index in [1.807, 2.05) is 0 Å². The fraction of sp³-hybridized carbons (Fsp3) is 0.214. The van der Waals surface area contributed by atoms with Gasteiger partial charge < -0.3 is 20.8 Å². The molecule has 0 bridgehead atoms. The first-order chi connectivity index (χ1) is 10.9. The number of rotatable bonds is 5. The summed E-state index contributed by atoms with van der Waals surface area (Å²) in [5, 5.41) is 23.8. The number of aromatic nitrogens is 1. The highest BCUT2D eigenvalue weighted by atomic mass is 35.5. The van der Waals surface area contributed by atoms with Crippen molar-refractivity contribution < 1.29 is 19.8 Å². The van der Waals surface area contributed by atoms with Gasteiger partial charge in [0.2, 0.25) is 0 Å². The maximum Gasteiger partial charge on any atom is 0.273 e. The molecule has 122 valence electrons. The minimum atomic E-state index is -0.494. The number of phenols is 1. The summed E-state index contributed by atoms with van der Waals surface area (Å²) in [6, 6.07) is 3.61. The van der Waals surface area contributed by atoms with Gasteiger partial charge >= 0.3 is 0 Å². The summed E-state index contributed by atoms with van der Waals surface area (Å²) in [6.07, 6.45) is 0. The van der Waals surface area contributed by atoms with Crippen molar-refractivity contribution in [2.24, 2.45) is 0 Å². The predicted octanol–water partition coefficient (Wildman–Crippen LogP) is 1.86. The van der Waals surface area contributed by atoms with Crippen molar-refractivity contribution in [1.29, 1.82) is 0 Å². The first-order valence-electron chi connectivity index (χ1n) is 6.57. The third kappa shape index (κ3) is 4.19. The Bertz CT molecular complexity index is 735. The van der Waals surface area contributed by atoms with Gasteiger partial charge in [-0.15, -0.1) is 11.3 Å². The van der Waals surface area contributed by atoms with Crippen LogP contribution in [0.15, 0.2) is 23.7 Å². The summed E-state index contributed by atoms with van der Waals surface area (Å²) in [4.78, 5) is 28.1. The third-order valence-electron chi connectivity index (χ3n) is 2.87. The fourth-order valence-corrected chi connectivity index (χ4v) is 2.51. The Hall–Kier alpha value is -2.16. The van der Waals surface area contributed by atoms with Crippen LogP contribution >= 0.6 is 22.9 Å². The van der Waals surface area contributed by atoms with Gasteiger partial charge in [-0.2, -0.15) is 0 Å². The van der Waals surface area contributed by atoms with Gasteiger partial charge in [0, 0.05) is 11.6 Å². The van der Waals surface area contributed by atoms with E-state index in [4.69, 9.17) is 16.7 Å². The molecule has 0 aliphatic rings. The molecular weight excluding hydrogens is 342 g/mol. The Morgan fingerprint density at radius 2 is 2.13 bits per heavy atom. The van der Waals surface area contributed by atoms with E-state index in [2.05, 4.69) is 15.6 Å². The van der Waals surface area contributed by atoms with Crippen molar-refractivity contribution in [3.05, 3.63) is 40.0 Å². The molecule has 2 aromatic rings. The number of phenolic OH excluding ortho intramolecular Hbond substituents is 1. The van der Waals surface area contributed by atoms with Crippen LogP contribution in [0.5, 0.6) is 5.75 Å². The third-order valence-corrected chi connectivity index (χ3v) is 3.92. The fourth-order valence-electron chi connectivity index (χ4n) is 1.66. The molecule has 23 heavy (non-hydrogen) atoms. The minimum Gasteiger partial charge on any atom is -0.506 e. The Morgan fingerprint density at radius 1 is 1.39 bits per heavy atom. The molecule has 7 nitrogen and oxygen atoms in total. The predicted molar refractivity (Wildman–Crippen MR) is 87.2 cm³/mol. The van der Waals surface area contributed by atoms with Crippen molar-refractivity contribution in [2.45, 2.75) is 13.0 Å². The lowest BCUT2D eigenvalue weighted by Gasteiger charge is -2.10. The van der Waals surface area contributed by atoms with E-state index < -0.39 is 17.9 Å². The standard InChI is InChI=1S/C14H14ClN3O4S/c1-7(5-19)17-13(22)11-14(23-6-16-11)18-12(21)8-2-3-10(20)9(15)4-8/h2-4,6-7,19-20H,5H2,1H3,(H,17,22)(H,18,21)/t7-/m0/s1. The van der Waals surface area contributed by atoms with E-state index >= 15 is 0 Å². The van der Waals surface area contributed by atoms with Crippen molar-refractivity contribution in [3.63, 3.8) is 0 Å². The number of thiazole rings is 1. The smallest absolute Gasteiger partial charge is 0.273 e. The molecule has 1 aromatic carbocycles. The number of amides is 2. The van der Waals surface area contributed by atoms with Crippen molar-refractivity contribution >= 4 is 39.8 Å². The number of anilines is 1. The minimum absolute atomic E-state index is 0.0525. The molecule has 1 aromatic heterocycles. The molecule has 2 rings (SSSR count). The summed E-state index contributed by atoms with van der Waals surface area (Å²) in [6.45, 7) is 1.44. The lowest BCUT2D eigenvalue weighted by Crippen LogP contribution is -2.35. The van der Waals surface area contributed by atoms with Crippen LogP contribution in [0.3, 0.4) is 0 Å². The zero-order chi connectivity index (χ0) is 17.0. The normalized spacial score (nSPS) is 11.8. The van der Waals surface area contributed by atoms with Crippen molar-refractivity contribution in [3.8, 4) is 5.75 Å². The van der Waals surface area contributed by atoms with Gasteiger partial charge in [-0.05, 0) is 25.1 Å². The number of aliphatic hydroxyl groups excluding tert-OH is 1. The van der Waals surface area contributed by atoms with Crippen molar-refractivity contribution in [1.82, 2.24) is 10.3 Å². The molecule has 9 heteroatoms. The van der Waals surface area contributed by atoms with Crippen LogP contribution in [-0.4, -0.2) is 39.7 Å². The Balaban J connectivity index is 2.14. The van der Waals surface area contributed by atoms with Gasteiger partial charge in [0.05, 0.1) is 17.1 Å². The lowest BCUT2D eigenvalue weighted by molar-refractivity contribution is 0.0919. The average Bonchev–Trinajstić information content (AvgIpc) is 2.97. The van der Waals surface area contributed by atoms with Gasteiger partial charge in [-0.3, -0.25) is 9.59 Å². The number of hydrogen-bond acceptors (Lipinski definition) is 6. The molecule has 0 unspecified atom stereocenters. The number of halogens is 1. The zero-order valence-electron chi connectivity index (χ0n) is 12.0. The molecule has 0 spiro atoms. The first-order valence-corrected chi connectivity index (χ1v) is 7.83. The molecule has 0 radical (unpaired) electrons. The zero-order valence-corrected chi connectivity index (χ0v) is 13.6. The van der Waals surface area contributed by atoms with E-state index in [0.29, 0.717) is 0 Å². The summed E-state index contributed by atoms with van der Waals surface area (Å²) in [7, 11) is 0. The highest BCUT2D eigenvalue weighted by Gasteiger charge is 2.19. The molecular formula is C14H14ClN3O4S. The molecule has 2 amide bonds. The Morgan fingerprint density at radius 3 is 2.78 bits per heavy atom. The summed E-state index contributed by atoms with van der Waals surface area (Å²) in [5.74, 6) is -1.11. The molecule has 0 fully saturated rings. The van der Waals surface area contributed by atoms with Crippen LogP contribution in [0, 0.1) is 0 Å². The van der Waals surface area contributed by atoms with E-state index in [9.17, 15) is 14.7 Å². The molecule has 4 N–H and O–H groups in total. The Kier molecular flexibility index (Phi) is 5.54.